The number of aromatic carboxylic acids is 2. The van der Waals surface area contributed by atoms with Gasteiger partial charge in [0.15, 0.2) is 6.10 Å². The van der Waals surface area contributed by atoms with Gasteiger partial charge in [0.25, 0.3) is 5.91 Å². The van der Waals surface area contributed by atoms with Crippen LogP contribution in [0.3, 0.4) is 0 Å². The van der Waals surface area contributed by atoms with Crippen LogP contribution in [-0.2, 0) is 14.3 Å². The molecule has 0 unspecified atom stereocenters. The third kappa shape index (κ3) is 3.70. The molecule has 1 aromatic carbocycles. The second-order valence-electron chi connectivity index (χ2n) is 5.35. The molecule has 1 atom stereocenters. The van der Waals surface area contributed by atoms with Crippen molar-refractivity contribution in [2.45, 2.75) is 40.7 Å². The Morgan fingerprint density at radius 3 is 1.67 bits per heavy atom. The Morgan fingerprint density at radius 2 is 1.33 bits per heavy atom. The second-order valence-corrected chi connectivity index (χ2v) is 5.35. The zero-order chi connectivity index (χ0) is 18.8. The second kappa shape index (κ2) is 7.12. The van der Waals surface area contributed by atoms with Crippen LogP contribution in [0.5, 0.6) is 0 Å². The van der Waals surface area contributed by atoms with Crippen molar-refractivity contribution in [3.8, 4) is 0 Å². The average molecular weight is 337 g/mol. The molecule has 0 aromatic heterocycles. The molecule has 0 radical (unpaired) electrons. The quantitative estimate of drug-likeness (QED) is 0.699. The molecule has 0 aliphatic rings. The number of rotatable bonds is 5. The van der Waals surface area contributed by atoms with E-state index in [1.54, 1.807) is 0 Å². The van der Waals surface area contributed by atoms with Crippen LogP contribution in [0.15, 0.2) is 0 Å². The summed E-state index contributed by atoms with van der Waals surface area (Å²) in [4.78, 5) is 46.0. The van der Waals surface area contributed by atoms with Crippen molar-refractivity contribution < 1.29 is 34.1 Å². The Hall–Kier alpha value is -2.90. The molecule has 1 rings (SSSR count). The lowest BCUT2D eigenvalue weighted by atomic mass is 9.91. The van der Waals surface area contributed by atoms with Gasteiger partial charge in [0.2, 0.25) is 0 Å². The van der Waals surface area contributed by atoms with E-state index in [-0.39, 0.29) is 33.5 Å². The maximum atomic E-state index is 12.1. The smallest absolute Gasteiger partial charge is 0.336 e. The van der Waals surface area contributed by atoms with Crippen molar-refractivity contribution >= 4 is 29.5 Å². The van der Waals surface area contributed by atoms with E-state index in [0.717, 1.165) is 6.92 Å². The van der Waals surface area contributed by atoms with Gasteiger partial charge in [0.1, 0.15) is 0 Å². The van der Waals surface area contributed by atoms with E-state index in [1.807, 2.05) is 0 Å². The first-order valence-corrected chi connectivity index (χ1v) is 7.07. The number of carboxylic acids is 2. The molecule has 0 heterocycles. The molecule has 3 N–H and O–H groups in total. The molecular weight excluding hydrogens is 318 g/mol. The van der Waals surface area contributed by atoms with Crippen LogP contribution < -0.4 is 5.32 Å². The number of carbonyl (C=O) groups is 4. The van der Waals surface area contributed by atoms with Gasteiger partial charge in [-0.2, -0.15) is 0 Å². The molecule has 1 aromatic rings. The van der Waals surface area contributed by atoms with E-state index in [0.29, 0.717) is 0 Å². The lowest BCUT2D eigenvalue weighted by molar-refractivity contribution is -0.150. The van der Waals surface area contributed by atoms with Crippen LogP contribution in [0, 0.1) is 20.8 Å². The predicted molar refractivity (Wildman–Crippen MR) is 84.4 cm³/mol. The highest BCUT2D eigenvalue weighted by atomic mass is 16.5. The van der Waals surface area contributed by atoms with Crippen LogP contribution in [0.1, 0.15) is 51.3 Å². The fourth-order valence-corrected chi connectivity index (χ4v) is 2.58. The van der Waals surface area contributed by atoms with Crippen molar-refractivity contribution in [1.82, 2.24) is 0 Å². The number of amides is 1. The molecular formula is C16H19NO7. The summed E-state index contributed by atoms with van der Waals surface area (Å²) in [6, 6.07) is 0. The van der Waals surface area contributed by atoms with Gasteiger partial charge in [-0.15, -0.1) is 0 Å². The SMILES string of the molecule is CC(=O)O[C@@H](C)C(=O)Nc1c(C)c(C(=O)O)c(C)c(C(=O)O)c1C. The maximum Gasteiger partial charge on any atom is 0.336 e. The minimum Gasteiger partial charge on any atom is -0.478 e. The number of hydrogen-bond donors (Lipinski definition) is 3. The first kappa shape index (κ1) is 19.1. The van der Waals surface area contributed by atoms with Crippen LogP contribution in [0.2, 0.25) is 0 Å². The van der Waals surface area contributed by atoms with Crippen molar-refractivity contribution in [2.24, 2.45) is 0 Å². The van der Waals surface area contributed by atoms with Gasteiger partial charge in [-0.25, -0.2) is 9.59 Å². The van der Waals surface area contributed by atoms with E-state index >= 15 is 0 Å². The summed E-state index contributed by atoms with van der Waals surface area (Å²) >= 11 is 0. The molecule has 1 amide bonds. The summed E-state index contributed by atoms with van der Waals surface area (Å²) in [6.45, 7) is 6.85. The van der Waals surface area contributed by atoms with E-state index in [2.05, 4.69) is 5.32 Å². The van der Waals surface area contributed by atoms with Gasteiger partial charge < -0.3 is 20.3 Å². The molecule has 8 heteroatoms. The van der Waals surface area contributed by atoms with Crippen LogP contribution in [0.25, 0.3) is 0 Å². The Balaban J connectivity index is 3.48. The minimum absolute atomic E-state index is 0.0828. The lowest BCUT2D eigenvalue weighted by Gasteiger charge is -2.20. The molecule has 24 heavy (non-hydrogen) atoms. The van der Waals surface area contributed by atoms with Gasteiger partial charge in [0, 0.05) is 12.6 Å². The van der Waals surface area contributed by atoms with Gasteiger partial charge in [-0.3, -0.25) is 9.59 Å². The van der Waals surface area contributed by atoms with Crippen LogP contribution >= 0.6 is 0 Å². The highest BCUT2D eigenvalue weighted by Gasteiger charge is 2.26. The molecule has 0 aliphatic heterocycles. The Bertz CT molecular complexity index is 695. The number of ether oxygens (including phenoxy) is 1. The van der Waals surface area contributed by atoms with E-state index < -0.39 is 29.9 Å². The minimum atomic E-state index is -1.30. The normalized spacial score (nSPS) is 11.5. The molecule has 0 saturated carbocycles. The number of esters is 1. The Labute approximate surface area is 138 Å². The van der Waals surface area contributed by atoms with Crippen LogP contribution in [-0.4, -0.2) is 40.1 Å². The topological polar surface area (TPSA) is 130 Å². The third-order valence-electron chi connectivity index (χ3n) is 3.64. The van der Waals surface area contributed by atoms with Crippen molar-refractivity contribution in [1.29, 1.82) is 0 Å². The maximum absolute atomic E-state index is 12.1. The largest absolute Gasteiger partial charge is 0.478 e. The molecule has 0 saturated heterocycles. The van der Waals surface area contributed by atoms with E-state index in [4.69, 9.17) is 4.74 Å². The van der Waals surface area contributed by atoms with E-state index in [9.17, 15) is 29.4 Å². The summed E-state index contributed by atoms with van der Waals surface area (Å²) in [5.74, 6) is -3.92. The molecule has 0 aliphatic carbocycles. The standard InChI is InChI=1S/C16H19NO7/c1-6-11(15(20)21)7(2)13(8(3)12(6)16(22)23)17-14(19)9(4)24-10(5)18/h9H,1-5H3,(H,17,19)(H,20,21)(H,22,23)/t9-/m0/s1. The molecule has 0 fully saturated rings. The molecule has 0 spiro atoms. The van der Waals surface area contributed by atoms with Crippen LogP contribution in [0.4, 0.5) is 5.69 Å². The van der Waals surface area contributed by atoms with E-state index in [1.165, 1.54) is 27.7 Å². The van der Waals surface area contributed by atoms with Gasteiger partial charge >= 0.3 is 17.9 Å². The number of benzene rings is 1. The first-order valence-electron chi connectivity index (χ1n) is 7.07. The summed E-state index contributed by atoms with van der Waals surface area (Å²) in [6.07, 6.45) is -1.11. The lowest BCUT2D eigenvalue weighted by Crippen LogP contribution is -2.30. The molecule has 0 bridgehead atoms. The Kier molecular flexibility index (Phi) is 5.68. The monoisotopic (exact) mass is 337 g/mol. The summed E-state index contributed by atoms with van der Waals surface area (Å²) in [5.41, 5.74) is 0.272. The zero-order valence-electron chi connectivity index (χ0n) is 14.0. The van der Waals surface area contributed by atoms with Gasteiger partial charge in [-0.1, -0.05) is 0 Å². The number of hydrogen-bond acceptors (Lipinski definition) is 5. The molecule has 8 nitrogen and oxygen atoms in total. The fraction of sp³-hybridized carbons (Fsp3) is 0.375. The molecule has 130 valence electrons. The highest BCUT2D eigenvalue weighted by Crippen LogP contribution is 2.31. The fourth-order valence-electron chi connectivity index (χ4n) is 2.58. The predicted octanol–water partition coefficient (Wildman–Crippen LogP) is 1.90. The summed E-state index contributed by atoms with van der Waals surface area (Å²) < 4.78 is 4.76. The number of anilines is 1. The van der Waals surface area contributed by atoms with Gasteiger partial charge in [0.05, 0.1) is 11.1 Å². The van der Waals surface area contributed by atoms with Crippen molar-refractivity contribution in [2.75, 3.05) is 5.32 Å². The third-order valence-corrected chi connectivity index (χ3v) is 3.64. The van der Waals surface area contributed by atoms with Crippen molar-refractivity contribution in [3.05, 3.63) is 27.8 Å². The Morgan fingerprint density at radius 1 is 0.917 bits per heavy atom. The first-order chi connectivity index (χ1) is 11.0. The summed E-state index contributed by atoms with van der Waals surface area (Å²) in [5, 5.41) is 21.2. The number of carboxylic acid groups (broad SMARTS) is 2. The number of nitrogens with one attached hydrogen (secondary N) is 1. The zero-order valence-corrected chi connectivity index (χ0v) is 14.0. The van der Waals surface area contributed by atoms with Crippen molar-refractivity contribution in [3.63, 3.8) is 0 Å². The summed E-state index contributed by atoms with van der Waals surface area (Å²) in [7, 11) is 0. The van der Waals surface area contributed by atoms with Gasteiger partial charge in [-0.05, 0) is 44.4 Å². The highest BCUT2D eigenvalue weighted by molar-refractivity contribution is 6.04. The average Bonchev–Trinajstić information content (AvgIpc) is 2.41. The number of carbonyl (C=O) groups excluding carboxylic acids is 2.